The van der Waals surface area contributed by atoms with Gasteiger partial charge in [-0.25, -0.2) is 9.97 Å². The minimum Gasteiger partial charge on any atom is -0.302 e. The summed E-state index contributed by atoms with van der Waals surface area (Å²) < 4.78 is 0. The van der Waals surface area contributed by atoms with Crippen LogP contribution in [0.25, 0.3) is 10.7 Å². The van der Waals surface area contributed by atoms with Gasteiger partial charge in [0, 0.05) is 23.5 Å². The van der Waals surface area contributed by atoms with Gasteiger partial charge in [-0.05, 0) is 38.1 Å². The molecule has 1 aliphatic rings. The second-order valence-corrected chi connectivity index (χ2v) is 8.28. The Morgan fingerprint density at radius 2 is 1.93 bits per heavy atom. The van der Waals surface area contributed by atoms with E-state index in [2.05, 4.69) is 25.2 Å². The van der Waals surface area contributed by atoms with E-state index in [0.717, 1.165) is 41.7 Å². The maximum atomic E-state index is 12.3. The summed E-state index contributed by atoms with van der Waals surface area (Å²) in [5.74, 6) is -0.0910. The quantitative estimate of drug-likeness (QED) is 0.682. The molecule has 27 heavy (non-hydrogen) atoms. The molecule has 140 valence electrons. The third-order valence-electron chi connectivity index (χ3n) is 4.41. The van der Waals surface area contributed by atoms with Gasteiger partial charge in [0.15, 0.2) is 5.13 Å². The number of carbonyl (C=O) groups excluding carboxylic acids is 1. The molecule has 3 aromatic heterocycles. The van der Waals surface area contributed by atoms with Crippen LogP contribution in [-0.4, -0.2) is 38.8 Å². The topological polar surface area (TPSA) is 71.0 Å². The van der Waals surface area contributed by atoms with Crippen LogP contribution in [0.15, 0.2) is 35.2 Å². The number of nitrogens with one attached hydrogen (secondary N) is 1. The standard InChI is InChI=1S/C19H21N5OS2/c25-17(10-14-12-26-18(21-14)16-6-2-3-7-20-16)23-19-22-15(13-27-19)11-24-8-4-1-5-9-24/h2-3,6-7,12-13H,1,4-5,8-11H2,(H,22,23,25). The Bertz CT molecular complexity index is 886. The van der Waals surface area contributed by atoms with Crippen LogP contribution < -0.4 is 5.32 Å². The van der Waals surface area contributed by atoms with Gasteiger partial charge in [0.25, 0.3) is 0 Å². The average Bonchev–Trinajstić information content (AvgIpc) is 3.33. The van der Waals surface area contributed by atoms with E-state index >= 15 is 0 Å². The highest BCUT2D eigenvalue weighted by Crippen LogP contribution is 2.22. The van der Waals surface area contributed by atoms with Gasteiger partial charge in [-0.2, -0.15) is 0 Å². The highest BCUT2D eigenvalue weighted by atomic mass is 32.1. The number of hydrogen-bond donors (Lipinski definition) is 1. The molecule has 0 unspecified atom stereocenters. The fourth-order valence-corrected chi connectivity index (χ4v) is 4.62. The van der Waals surface area contributed by atoms with Gasteiger partial charge in [0.1, 0.15) is 5.01 Å². The number of likely N-dealkylation sites (tertiary alicyclic amines) is 1. The highest BCUT2D eigenvalue weighted by molar-refractivity contribution is 7.14. The average molecular weight is 400 g/mol. The number of aromatic nitrogens is 3. The Labute approximate surface area is 166 Å². The molecule has 4 heterocycles. The Morgan fingerprint density at radius 3 is 2.74 bits per heavy atom. The molecule has 1 amide bonds. The number of piperidine rings is 1. The second kappa shape index (κ2) is 8.69. The Hall–Kier alpha value is -2.16. The molecule has 1 aliphatic heterocycles. The van der Waals surface area contributed by atoms with E-state index in [-0.39, 0.29) is 12.3 Å². The minimum atomic E-state index is -0.0910. The fourth-order valence-electron chi connectivity index (χ4n) is 3.11. The maximum Gasteiger partial charge on any atom is 0.232 e. The molecule has 0 aliphatic carbocycles. The number of nitrogens with zero attached hydrogens (tertiary/aromatic N) is 4. The monoisotopic (exact) mass is 399 g/mol. The van der Waals surface area contributed by atoms with Crippen LogP contribution >= 0.6 is 22.7 Å². The zero-order valence-electron chi connectivity index (χ0n) is 14.9. The lowest BCUT2D eigenvalue weighted by atomic mass is 10.1. The third kappa shape index (κ3) is 4.97. The number of hydrogen-bond acceptors (Lipinski definition) is 7. The van der Waals surface area contributed by atoms with Gasteiger partial charge >= 0.3 is 0 Å². The molecule has 0 atom stereocenters. The molecule has 3 aromatic rings. The molecule has 0 saturated carbocycles. The van der Waals surface area contributed by atoms with Crippen LogP contribution in [0.5, 0.6) is 0 Å². The summed E-state index contributed by atoms with van der Waals surface area (Å²) in [7, 11) is 0. The number of amides is 1. The summed E-state index contributed by atoms with van der Waals surface area (Å²) in [5.41, 5.74) is 2.61. The molecule has 1 fully saturated rings. The molecule has 0 aromatic carbocycles. The Balaban J connectivity index is 1.31. The van der Waals surface area contributed by atoms with E-state index in [1.54, 1.807) is 6.20 Å². The van der Waals surface area contributed by atoms with E-state index in [1.807, 2.05) is 29.0 Å². The first-order valence-corrected chi connectivity index (χ1v) is 10.8. The van der Waals surface area contributed by atoms with Crippen LogP contribution in [0, 0.1) is 0 Å². The summed E-state index contributed by atoms with van der Waals surface area (Å²) in [6.07, 6.45) is 5.84. The Morgan fingerprint density at radius 1 is 1.07 bits per heavy atom. The van der Waals surface area contributed by atoms with Gasteiger partial charge in [-0.1, -0.05) is 12.5 Å². The lowest BCUT2D eigenvalue weighted by Gasteiger charge is -2.25. The molecular weight excluding hydrogens is 378 g/mol. The van der Waals surface area contributed by atoms with Gasteiger partial charge < -0.3 is 5.32 Å². The van der Waals surface area contributed by atoms with Gasteiger partial charge in [0.05, 0.1) is 23.5 Å². The predicted molar refractivity (Wildman–Crippen MR) is 109 cm³/mol. The number of thiazole rings is 2. The number of anilines is 1. The molecule has 0 bridgehead atoms. The van der Waals surface area contributed by atoms with Crippen molar-refractivity contribution in [3.63, 3.8) is 0 Å². The molecule has 6 nitrogen and oxygen atoms in total. The van der Waals surface area contributed by atoms with Crippen molar-refractivity contribution in [3.05, 3.63) is 46.5 Å². The summed E-state index contributed by atoms with van der Waals surface area (Å²) in [6.45, 7) is 3.15. The summed E-state index contributed by atoms with van der Waals surface area (Å²) >= 11 is 2.98. The minimum absolute atomic E-state index is 0.0910. The highest BCUT2D eigenvalue weighted by Gasteiger charge is 2.14. The second-order valence-electron chi connectivity index (χ2n) is 6.56. The molecular formula is C19H21N5OS2. The van der Waals surface area contributed by atoms with Crippen molar-refractivity contribution in [1.29, 1.82) is 0 Å². The van der Waals surface area contributed by atoms with Gasteiger partial charge in [0.2, 0.25) is 5.91 Å². The van der Waals surface area contributed by atoms with Crippen molar-refractivity contribution in [2.45, 2.75) is 32.2 Å². The van der Waals surface area contributed by atoms with Crippen molar-refractivity contribution < 1.29 is 4.79 Å². The first-order valence-electron chi connectivity index (χ1n) is 9.09. The van der Waals surface area contributed by atoms with E-state index in [9.17, 15) is 4.79 Å². The smallest absolute Gasteiger partial charge is 0.232 e. The van der Waals surface area contributed by atoms with Crippen LogP contribution in [-0.2, 0) is 17.8 Å². The van der Waals surface area contributed by atoms with E-state index in [0.29, 0.717) is 5.13 Å². The van der Waals surface area contributed by atoms with Crippen LogP contribution in [0.2, 0.25) is 0 Å². The van der Waals surface area contributed by atoms with Gasteiger partial charge in [-0.15, -0.1) is 22.7 Å². The van der Waals surface area contributed by atoms with E-state index in [4.69, 9.17) is 0 Å². The molecule has 8 heteroatoms. The largest absolute Gasteiger partial charge is 0.302 e. The van der Waals surface area contributed by atoms with Crippen molar-refractivity contribution in [2.24, 2.45) is 0 Å². The summed E-state index contributed by atoms with van der Waals surface area (Å²) in [5, 5.41) is 8.33. The van der Waals surface area contributed by atoms with Crippen LogP contribution in [0.1, 0.15) is 30.7 Å². The lowest BCUT2D eigenvalue weighted by molar-refractivity contribution is -0.115. The normalized spacial score (nSPS) is 15.0. The van der Waals surface area contributed by atoms with Crippen molar-refractivity contribution in [1.82, 2.24) is 19.9 Å². The SMILES string of the molecule is O=C(Cc1csc(-c2ccccn2)n1)Nc1nc(CN2CCCCC2)cs1. The van der Waals surface area contributed by atoms with Crippen LogP contribution in [0.3, 0.4) is 0 Å². The van der Waals surface area contributed by atoms with Crippen molar-refractivity contribution >= 4 is 33.7 Å². The first kappa shape index (κ1) is 18.2. The van der Waals surface area contributed by atoms with E-state index in [1.165, 1.54) is 41.9 Å². The fraction of sp³-hybridized carbons (Fsp3) is 0.368. The molecule has 1 saturated heterocycles. The van der Waals surface area contributed by atoms with Crippen LogP contribution in [0.4, 0.5) is 5.13 Å². The van der Waals surface area contributed by atoms with Crippen molar-refractivity contribution in [2.75, 3.05) is 18.4 Å². The Kier molecular flexibility index (Phi) is 5.86. The van der Waals surface area contributed by atoms with Gasteiger partial charge in [-0.3, -0.25) is 14.7 Å². The number of pyridine rings is 1. The summed E-state index contributed by atoms with van der Waals surface area (Å²) in [4.78, 5) is 28.1. The molecule has 1 N–H and O–H groups in total. The molecule has 4 rings (SSSR count). The zero-order valence-corrected chi connectivity index (χ0v) is 16.6. The molecule has 0 radical (unpaired) electrons. The zero-order chi connectivity index (χ0) is 18.5. The maximum absolute atomic E-state index is 12.3. The molecule has 0 spiro atoms. The third-order valence-corrected chi connectivity index (χ3v) is 6.13. The lowest BCUT2D eigenvalue weighted by Crippen LogP contribution is -2.29. The summed E-state index contributed by atoms with van der Waals surface area (Å²) in [6, 6.07) is 5.72. The number of rotatable bonds is 6. The predicted octanol–water partition coefficient (Wildman–Crippen LogP) is 3.83. The van der Waals surface area contributed by atoms with E-state index < -0.39 is 0 Å². The number of carbonyl (C=O) groups is 1. The van der Waals surface area contributed by atoms with Crippen molar-refractivity contribution in [3.8, 4) is 10.7 Å². The first-order chi connectivity index (χ1) is 13.3.